The molecule has 1 aromatic carbocycles. The molecule has 1 aromatic rings. The molecule has 4 heteroatoms. The van der Waals surface area contributed by atoms with Crippen molar-refractivity contribution in [1.82, 2.24) is 0 Å². The number of anilines is 2. The van der Waals surface area contributed by atoms with Gasteiger partial charge in [0.05, 0.1) is 11.4 Å². The van der Waals surface area contributed by atoms with E-state index >= 15 is 0 Å². The quantitative estimate of drug-likeness (QED) is 0.792. The summed E-state index contributed by atoms with van der Waals surface area (Å²) in [5.41, 5.74) is 1.05. The first-order valence-corrected chi connectivity index (χ1v) is 5.63. The van der Waals surface area contributed by atoms with Crippen molar-refractivity contribution in [2.24, 2.45) is 0 Å². The molecule has 88 valence electrons. The Kier molecular flexibility index (Phi) is 2.99. The molecule has 0 amide bonds. The van der Waals surface area contributed by atoms with Gasteiger partial charge < -0.3 is 10.2 Å². The molecular weight excluding hydrogens is 210 g/mol. The Morgan fingerprint density at radius 1 is 1.44 bits per heavy atom. The molecular formula is C12H16F2N2. The summed E-state index contributed by atoms with van der Waals surface area (Å²) in [4.78, 5) is 1.91. The van der Waals surface area contributed by atoms with E-state index < -0.39 is 11.6 Å². The third-order valence-corrected chi connectivity index (χ3v) is 3.11. The first-order chi connectivity index (χ1) is 7.65. The van der Waals surface area contributed by atoms with Crippen molar-refractivity contribution in [1.29, 1.82) is 0 Å². The summed E-state index contributed by atoms with van der Waals surface area (Å²) >= 11 is 0. The number of rotatable bonds is 1. The maximum atomic E-state index is 13.8. The Bertz CT molecular complexity index is 393. The molecule has 0 saturated carbocycles. The highest BCUT2D eigenvalue weighted by Gasteiger charge is 2.24. The number of hydrogen-bond donors (Lipinski definition) is 1. The summed E-state index contributed by atoms with van der Waals surface area (Å²) in [6.07, 6.45) is 0.920. The zero-order valence-corrected chi connectivity index (χ0v) is 9.56. The van der Waals surface area contributed by atoms with E-state index in [1.165, 1.54) is 6.07 Å². The van der Waals surface area contributed by atoms with Crippen molar-refractivity contribution >= 4 is 11.4 Å². The average Bonchev–Trinajstić information content (AvgIpc) is 2.43. The van der Waals surface area contributed by atoms with Crippen LogP contribution in [0.5, 0.6) is 0 Å². The minimum absolute atomic E-state index is 0.218. The van der Waals surface area contributed by atoms with Crippen molar-refractivity contribution in [2.75, 3.05) is 23.3 Å². The third-order valence-electron chi connectivity index (χ3n) is 3.11. The van der Waals surface area contributed by atoms with Crippen LogP contribution >= 0.6 is 0 Å². The molecule has 0 bridgehead atoms. The van der Waals surface area contributed by atoms with Crippen molar-refractivity contribution in [3.05, 3.63) is 23.8 Å². The van der Waals surface area contributed by atoms with E-state index in [0.717, 1.165) is 13.0 Å². The highest BCUT2D eigenvalue weighted by molar-refractivity contribution is 5.72. The van der Waals surface area contributed by atoms with Gasteiger partial charge >= 0.3 is 0 Å². The van der Waals surface area contributed by atoms with Gasteiger partial charge in [0.25, 0.3) is 0 Å². The van der Waals surface area contributed by atoms with Crippen LogP contribution in [-0.4, -0.2) is 19.1 Å². The molecule has 1 heterocycles. The van der Waals surface area contributed by atoms with Gasteiger partial charge in [0.2, 0.25) is 0 Å². The molecule has 0 fully saturated rings. The molecule has 0 saturated heterocycles. The lowest BCUT2D eigenvalue weighted by Gasteiger charge is -2.29. The lowest BCUT2D eigenvalue weighted by Crippen LogP contribution is -2.33. The molecule has 1 unspecified atom stereocenters. The molecule has 1 aliphatic rings. The SMILES string of the molecule is CCN1c2c(ccc(F)c2F)NCCC1C. The smallest absolute Gasteiger partial charge is 0.184 e. The Morgan fingerprint density at radius 3 is 2.88 bits per heavy atom. The summed E-state index contributed by atoms with van der Waals surface area (Å²) in [6.45, 7) is 5.45. The Morgan fingerprint density at radius 2 is 2.19 bits per heavy atom. The molecule has 0 aromatic heterocycles. The van der Waals surface area contributed by atoms with Crippen LogP contribution in [0.1, 0.15) is 20.3 Å². The predicted molar refractivity (Wildman–Crippen MR) is 61.9 cm³/mol. The molecule has 2 rings (SSSR count). The van der Waals surface area contributed by atoms with E-state index in [9.17, 15) is 8.78 Å². The fourth-order valence-corrected chi connectivity index (χ4v) is 2.23. The van der Waals surface area contributed by atoms with Gasteiger partial charge in [-0.3, -0.25) is 0 Å². The van der Waals surface area contributed by atoms with Gasteiger partial charge in [-0.25, -0.2) is 8.78 Å². The summed E-state index contributed by atoms with van der Waals surface area (Å²) in [7, 11) is 0. The van der Waals surface area contributed by atoms with Crippen molar-refractivity contribution in [3.63, 3.8) is 0 Å². The summed E-state index contributed by atoms with van der Waals surface area (Å²) < 4.78 is 27.1. The maximum Gasteiger partial charge on any atom is 0.184 e. The molecule has 1 N–H and O–H groups in total. The summed E-state index contributed by atoms with van der Waals surface area (Å²) in [5.74, 6) is -1.53. The van der Waals surface area contributed by atoms with Crippen LogP contribution in [0.4, 0.5) is 20.2 Å². The van der Waals surface area contributed by atoms with Crippen molar-refractivity contribution in [3.8, 4) is 0 Å². The zero-order valence-electron chi connectivity index (χ0n) is 9.56. The Hall–Kier alpha value is -1.32. The second-order valence-corrected chi connectivity index (χ2v) is 4.11. The zero-order chi connectivity index (χ0) is 11.7. The van der Waals surface area contributed by atoms with Gasteiger partial charge in [-0.2, -0.15) is 0 Å². The van der Waals surface area contributed by atoms with Crippen LogP contribution in [0.3, 0.4) is 0 Å². The second-order valence-electron chi connectivity index (χ2n) is 4.11. The molecule has 2 nitrogen and oxygen atoms in total. The largest absolute Gasteiger partial charge is 0.383 e. The number of hydrogen-bond acceptors (Lipinski definition) is 2. The van der Waals surface area contributed by atoms with E-state index in [1.807, 2.05) is 18.7 Å². The Balaban J connectivity index is 2.55. The van der Waals surface area contributed by atoms with Gasteiger partial charge in [0, 0.05) is 19.1 Å². The standard InChI is InChI=1S/C12H16F2N2/c1-3-16-8(2)6-7-15-10-5-4-9(13)11(14)12(10)16/h4-5,8,15H,3,6-7H2,1-2H3. The maximum absolute atomic E-state index is 13.8. The fraction of sp³-hybridized carbons (Fsp3) is 0.500. The van der Waals surface area contributed by atoms with Crippen LogP contribution in [0.25, 0.3) is 0 Å². The predicted octanol–water partition coefficient (Wildman–Crippen LogP) is 3.00. The minimum atomic E-state index is -0.784. The molecule has 0 spiro atoms. The summed E-state index contributed by atoms with van der Waals surface area (Å²) in [5, 5.41) is 3.14. The van der Waals surface area contributed by atoms with E-state index in [2.05, 4.69) is 5.32 Å². The van der Waals surface area contributed by atoms with E-state index in [-0.39, 0.29) is 6.04 Å². The molecule has 0 aliphatic carbocycles. The van der Waals surface area contributed by atoms with Gasteiger partial charge in [-0.1, -0.05) is 0 Å². The average molecular weight is 226 g/mol. The lowest BCUT2D eigenvalue weighted by atomic mass is 10.1. The van der Waals surface area contributed by atoms with Gasteiger partial charge in [0.15, 0.2) is 11.6 Å². The number of benzene rings is 1. The van der Waals surface area contributed by atoms with Crippen LogP contribution < -0.4 is 10.2 Å². The Labute approximate surface area is 94.3 Å². The molecule has 16 heavy (non-hydrogen) atoms. The van der Waals surface area contributed by atoms with Crippen molar-refractivity contribution < 1.29 is 8.78 Å². The topological polar surface area (TPSA) is 15.3 Å². The number of fused-ring (bicyclic) bond motifs is 1. The molecule has 1 atom stereocenters. The second kappa shape index (κ2) is 4.28. The normalized spacial score (nSPS) is 20.0. The third kappa shape index (κ3) is 1.72. The monoisotopic (exact) mass is 226 g/mol. The van der Waals surface area contributed by atoms with E-state index in [1.54, 1.807) is 6.07 Å². The first kappa shape index (κ1) is 11.2. The van der Waals surface area contributed by atoms with Crippen LogP contribution in [0.2, 0.25) is 0 Å². The number of nitrogens with zero attached hydrogens (tertiary/aromatic N) is 1. The van der Waals surface area contributed by atoms with E-state index in [4.69, 9.17) is 0 Å². The van der Waals surface area contributed by atoms with Crippen LogP contribution in [-0.2, 0) is 0 Å². The molecule has 0 radical (unpaired) electrons. The number of halogens is 2. The van der Waals surface area contributed by atoms with Gasteiger partial charge in [-0.15, -0.1) is 0 Å². The minimum Gasteiger partial charge on any atom is -0.383 e. The molecule has 1 aliphatic heterocycles. The highest BCUT2D eigenvalue weighted by atomic mass is 19.2. The summed E-state index contributed by atoms with van der Waals surface area (Å²) in [6, 6.07) is 2.99. The van der Waals surface area contributed by atoms with Gasteiger partial charge in [-0.05, 0) is 32.4 Å². The fourth-order valence-electron chi connectivity index (χ4n) is 2.23. The van der Waals surface area contributed by atoms with E-state index in [0.29, 0.717) is 17.9 Å². The highest BCUT2D eigenvalue weighted by Crippen LogP contribution is 2.34. The van der Waals surface area contributed by atoms with Crippen molar-refractivity contribution in [2.45, 2.75) is 26.3 Å². The first-order valence-electron chi connectivity index (χ1n) is 5.63. The van der Waals surface area contributed by atoms with Crippen LogP contribution in [0, 0.1) is 11.6 Å². The lowest BCUT2D eigenvalue weighted by molar-refractivity contribution is 0.502. The van der Waals surface area contributed by atoms with Crippen LogP contribution in [0.15, 0.2) is 12.1 Å². The van der Waals surface area contributed by atoms with Gasteiger partial charge in [0.1, 0.15) is 0 Å². The number of nitrogens with one attached hydrogen (secondary N) is 1.